The van der Waals surface area contributed by atoms with Crippen LogP contribution in [0.3, 0.4) is 0 Å². The van der Waals surface area contributed by atoms with Gasteiger partial charge < -0.3 is 15.7 Å². The van der Waals surface area contributed by atoms with Crippen molar-refractivity contribution in [1.82, 2.24) is 0 Å². The average Bonchev–Trinajstić information content (AvgIpc) is 2.06. The van der Waals surface area contributed by atoms with E-state index in [0.29, 0.717) is 6.42 Å². The van der Waals surface area contributed by atoms with Crippen LogP contribution in [0.25, 0.3) is 0 Å². The third kappa shape index (κ3) is 2.76. The quantitative estimate of drug-likeness (QED) is 0.269. The van der Waals surface area contributed by atoms with Gasteiger partial charge in [-0.25, -0.2) is 0 Å². The van der Waals surface area contributed by atoms with E-state index in [1.54, 1.807) is 0 Å². The minimum atomic E-state index is 0.166. The molecule has 1 unspecified atom stereocenters. The summed E-state index contributed by atoms with van der Waals surface area (Å²) in [6.07, 6.45) is 4.06. The van der Waals surface area contributed by atoms with Crippen molar-refractivity contribution >= 4 is 5.84 Å². The Morgan fingerprint density at radius 2 is 2.45 bits per heavy atom. The van der Waals surface area contributed by atoms with E-state index in [-0.39, 0.29) is 11.9 Å². The van der Waals surface area contributed by atoms with E-state index >= 15 is 0 Å². The van der Waals surface area contributed by atoms with Gasteiger partial charge in [0.05, 0.1) is 6.10 Å². The second kappa shape index (κ2) is 4.18. The summed E-state index contributed by atoms with van der Waals surface area (Å²) in [5.74, 6) is 0.261. The zero-order chi connectivity index (χ0) is 8.10. The Bertz CT molecular complexity index is 141. The molecule has 0 aliphatic carbocycles. The third-order valence-electron chi connectivity index (χ3n) is 1.84. The molecule has 1 aliphatic heterocycles. The first-order chi connectivity index (χ1) is 5.33. The van der Waals surface area contributed by atoms with Crippen molar-refractivity contribution < 1.29 is 9.94 Å². The van der Waals surface area contributed by atoms with Crippen LogP contribution in [0.15, 0.2) is 5.16 Å². The summed E-state index contributed by atoms with van der Waals surface area (Å²) in [7, 11) is 0. The Morgan fingerprint density at radius 1 is 1.64 bits per heavy atom. The van der Waals surface area contributed by atoms with E-state index in [4.69, 9.17) is 15.7 Å². The molecule has 1 heterocycles. The summed E-state index contributed by atoms with van der Waals surface area (Å²) in [6, 6.07) is 0. The minimum absolute atomic E-state index is 0.166. The SMILES string of the molecule is N/C(CC1CCCCO1)=N\O. The molecule has 1 atom stereocenters. The molecule has 1 rings (SSSR count). The number of hydrogen-bond acceptors (Lipinski definition) is 3. The van der Waals surface area contributed by atoms with Crippen molar-refractivity contribution in [3.05, 3.63) is 0 Å². The van der Waals surface area contributed by atoms with E-state index in [1.807, 2.05) is 0 Å². The van der Waals surface area contributed by atoms with E-state index in [1.165, 1.54) is 6.42 Å². The highest BCUT2D eigenvalue weighted by Crippen LogP contribution is 2.14. The van der Waals surface area contributed by atoms with Gasteiger partial charge in [-0.3, -0.25) is 0 Å². The second-order valence-electron chi connectivity index (χ2n) is 2.78. The molecule has 1 saturated heterocycles. The molecule has 0 aromatic carbocycles. The fraction of sp³-hybridized carbons (Fsp3) is 0.857. The zero-order valence-corrected chi connectivity index (χ0v) is 6.49. The number of hydrogen-bond donors (Lipinski definition) is 2. The number of oxime groups is 1. The number of ether oxygens (including phenoxy) is 1. The first-order valence-electron chi connectivity index (χ1n) is 3.91. The summed E-state index contributed by atoms with van der Waals surface area (Å²) < 4.78 is 5.38. The van der Waals surface area contributed by atoms with Crippen LogP contribution in [-0.2, 0) is 4.74 Å². The number of rotatable bonds is 2. The first kappa shape index (κ1) is 8.33. The highest BCUT2D eigenvalue weighted by Gasteiger charge is 2.14. The van der Waals surface area contributed by atoms with Crippen LogP contribution in [0.1, 0.15) is 25.7 Å². The minimum Gasteiger partial charge on any atom is -0.409 e. The Hall–Kier alpha value is -0.770. The maximum atomic E-state index is 8.27. The molecule has 1 fully saturated rings. The van der Waals surface area contributed by atoms with E-state index in [0.717, 1.165) is 19.4 Å². The summed E-state index contributed by atoms with van der Waals surface area (Å²) in [4.78, 5) is 0. The van der Waals surface area contributed by atoms with Crippen molar-refractivity contribution in [2.24, 2.45) is 10.9 Å². The second-order valence-corrected chi connectivity index (χ2v) is 2.78. The van der Waals surface area contributed by atoms with Crippen molar-refractivity contribution in [2.45, 2.75) is 31.8 Å². The molecule has 3 N–H and O–H groups in total. The monoisotopic (exact) mass is 158 g/mol. The molecule has 0 bridgehead atoms. The molecule has 4 nitrogen and oxygen atoms in total. The number of nitrogens with two attached hydrogens (primary N) is 1. The maximum absolute atomic E-state index is 8.27. The summed E-state index contributed by atoms with van der Waals surface area (Å²) in [5, 5.41) is 11.2. The number of amidine groups is 1. The lowest BCUT2D eigenvalue weighted by molar-refractivity contribution is 0.0205. The maximum Gasteiger partial charge on any atom is 0.141 e. The molecule has 64 valence electrons. The Morgan fingerprint density at radius 3 is 3.00 bits per heavy atom. The molecular formula is C7H14N2O2. The standard InChI is InChI=1S/C7H14N2O2/c8-7(9-10)5-6-3-1-2-4-11-6/h6,10H,1-5H2,(H2,8,9). The predicted octanol–water partition coefficient (Wildman–Crippen LogP) is 0.692. The highest BCUT2D eigenvalue weighted by molar-refractivity contribution is 5.80. The van der Waals surface area contributed by atoms with E-state index in [2.05, 4.69) is 5.16 Å². The van der Waals surface area contributed by atoms with Crippen molar-refractivity contribution in [3.8, 4) is 0 Å². The molecule has 4 heteroatoms. The van der Waals surface area contributed by atoms with Gasteiger partial charge in [0.2, 0.25) is 0 Å². The van der Waals surface area contributed by atoms with Gasteiger partial charge in [-0.1, -0.05) is 5.16 Å². The summed E-state index contributed by atoms with van der Waals surface area (Å²) >= 11 is 0. The van der Waals surface area contributed by atoms with Gasteiger partial charge in [0.25, 0.3) is 0 Å². The Kier molecular flexibility index (Phi) is 3.16. The van der Waals surface area contributed by atoms with Gasteiger partial charge in [-0.15, -0.1) is 0 Å². The molecule has 0 amide bonds. The highest BCUT2D eigenvalue weighted by atomic mass is 16.5. The molecular weight excluding hydrogens is 144 g/mol. The largest absolute Gasteiger partial charge is 0.409 e. The van der Waals surface area contributed by atoms with Gasteiger partial charge in [-0.2, -0.15) is 0 Å². The smallest absolute Gasteiger partial charge is 0.141 e. The Balaban J connectivity index is 2.24. The molecule has 1 aliphatic rings. The van der Waals surface area contributed by atoms with Crippen LogP contribution in [0, 0.1) is 0 Å². The first-order valence-corrected chi connectivity index (χ1v) is 3.91. The van der Waals surface area contributed by atoms with Crippen LogP contribution in [-0.4, -0.2) is 23.8 Å². The van der Waals surface area contributed by atoms with E-state index in [9.17, 15) is 0 Å². The fourth-order valence-corrected chi connectivity index (χ4v) is 1.24. The molecule has 0 radical (unpaired) electrons. The van der Waals surface area contributed by atoms with Crippen LogP contribution >= 0.6 is 0 Å². The van der Waals surface area contributed by atoms with Gasteiger partial charge in [0.1, 0.15) is 5.84 Å². The predicted molar refractivity (Wildman–Crippen MR) is 41.6 cm³/mol. The topological polar surface area (TPSA) is 67.8 Å². The van der Waals surface area contributed by atoms with Gasteiger partial charge in [0, 0.05) is 13.0 Å². The van der Waals surface area contributed by atoms with Gasteiger partial charge >= 0.3 is 0 Å². The average molecular weight is 158 g/mol. The van der Waals surface area contributed by atoms with Crippen LogP contribution in [0.4, 0.5) is 0 Å². The molecule has 11 heavy (non-hydrogen) atoms. The molecule has 0 aromatic heterocycles. The zero-order valence-electron chi connectivity index (χ0n) is 6.49. The molecule has 0 saturated carbocycles. The lowest BCUT2D eigenvalue weighted by Gasteiger charge is -2.21. The summed E-state index contributed by atoms with van der Waals surface area (Å²) in [6.45, 7) is 0.809. The number of nitrogens with zero attached hydrogens (tertiary/aromatic N) is 1. The van der Waals surface area contributed by atoms with Gasteiger partial charge in [0.15, 0.2) is 0 Å². The fourth-order valence-electron chi connectivity index (χ4n) is 1.24. The molecule has 0 spiro atoms. The third-order valence-corrected chi connectivity index (χ3v) is 1.84. The lowest BCUT2D eigenvalue weighted by Crippen LogP contribution is -2.26. The lowest BCUT2D eigenvalue weighted by atomic mass is 10.1. The summed E-state index contributed by atoms with van der Waals surface area (Å²) in [5.41, 5.74) is 5.32. The van der Waals surface area contributed by atoms with Gasteiger partial charge in [-0.05, 0) is 19.3 Å². The van der Waals surface area contributed by atoms with Crippen LogP contribution in [0.2, 0.25) is 0 Å². The van der Waals surface area contributed by atoms with Crippen molar-refractivity contribution in [1.29, 1.82) is 0 Å². The van der Waals surface area contributed by atoms with Crippen molar-refractivity contribution in [3.63, 3.8) is 0 Å². The molecule has 0 aromatic rings. The van der Waals surface area contributed by atoms with E-state index < -0.39 is 0 Å². The Labute approximate surface area is 66.0 Å². The van der Waals surface area contributed by atoms with Crippen LogP contribution < -0.4 is 5.73 Å². The van der Waals surface area contributed by atoms with Crippen molar-refractivity contribution in [2.75, 3.05) is 6.61 Å². The normalized spacial score (nSPS) is 26.9. The van der Waals surface area contributed by atoms with Crippen LogP contribution in [0.5, 0.6) is 0 Å².